The predicted octanol–water partition coefficient (Wildman–Crippen LogP) is 0.219. The highest BCUT2D eigenvalue weighted by molar-refractivity contribution is 5.98. The molecule has 0 aliphatic carbocycles. The highest BCUT2D eigenvalue weighted by atomic mass is 16.2. The third-order valence-electron chi connectivity index (χ3n) is 4.22. The van der Waals surface area contributed by atoms with Crippen LogP contribution in [-0.2, 0) is 11.3 Å². The molecule has 1 aliphatic rings. The lowest BCUT2D eigenvalue weighted by atomic mass is 10.1. The first-order chi connectivity index (χ1) is 11.6. The second-order valence-corrected chi connectivity index (χ2v) is 5.99. The van der Waals surface area contributed by atoms with Crippen molar-refractivity contribution in [1.29, 1.82) is 0 Å². The van der Waals surface area contributed by atoms with Gasteiger partial charge >= 0.3 is 0 Å². The van der Waals surface area contributed by atoms with Crippen LogP contribution in [0.2, 0.25) is 0 Å². The van der Waals surface area contributed by atoms with E-state index in [0.717, 1.165) is 5.56 Å². The average molecular weight is 327 g/mol. The Labute approximate surface area is 140 Å². The van der Waals surface area contributed by atoms with E-state index in [9.17, 15) is 9.59 Å². The molecule has 2 heterocycles. The summed E-state index contributed by atoms with van der Waals surface area (Å²) >= 11 is 0. The third-order valence-corrected chi connectivity index (χ3v) is 4.22. The first-order valence-electron chi connectivity index (χ1n) is 7.93. The molecule has 1 aromatic carbocycles. The SMILES string of the molecule is CNC(=O)[C@@H]1C[C@H](N)CN1C(=O)c1cccc(Cn2cccn2)c1. The number of nitrogens with zero attached hydrogens (tertiary/aromatic N) is 3. The predicted molar refractivity (Wildman–Crippen MR) is 89.3 cm³/mol. The molecular formula is C17H21N5O2. The summed E-state index contributed by atoms with van der Waals surface area (Å²) in [6.45, 7) is 0.979. The molecule has 0 bridgehead atoms. The number of hydrogen-bond acceptors (Lipinski definition) is 4. The van der Waals surface area contributed by atoms with Crippen molar-refractivity contribution in [2.45, 2.75) is 25.0 Å². The van der Waals surface area contributed by atoms with Crippen LogP contribution in [0.4, 0.5) is 0 Å². The van der Waals surface area contributed by atoms with Crippen molar-refractivity contribution in [3.8, 4) is 0 Å². The number of nitrogens with one attached hydrogen (secondary N) is 1. The summed E-state index contributed by atoms with van der Waals surface area (Å²) < 4.78 is 1.79. The highest BCUT2D eigenvalue weighted by Crippen LogP contribution is 2.20. The lowest BCUT2D eigenvalue weighted by molar-refractivity contribution is -0.124. The van der Waals surface area contributed by atoms with Crippen LogP contribution in [0.15, 0.2) is 42.7 Å². The van der Waals surface area contributed by atoms with Crippen LogP contribution in [0, 0.1) is 0 Å². The van der Waals surface area contributed by atoms with Gasteiger partial charge in [0.25, 0.3) is 5.91 Å². The molecule has 2 atom stereocenters. The summed E-state index contributed by atoms with van der Waals surface area (Å²) in [6, 6.07) is 8.57. The van der Waals surface area contributed by atoms with Crippen molar-refractivity contribution in [2.24, 2.45) is 5.73 Å². The Balaban J connectivity index is 1.80. The molecule has 3 rings (SSSR count). The third kappa shape index (κ3) is 3.30. The van der Waals surface area contributed by atoms with Gasteiger partial charge < -0.3 is 16.0 Å². The molecular weight excluding hydrogens is 306 g/mol. The van der Waals surface area contributed by atoms with Gasteiger partial charge in [-0.1, -0.05) is 12.1 Å². The van der Waals surface area contributed by atoms with Gasteiger partial charge in [-0.2, -0.15) is 5.10 Å². The number of hydrogen-bond donors (Lipinski definition) is 2. The number of likely N-dealkylation sites (tertiary alicyclic amines) is 1. The normalized spacial score (nSPS) is 20.2. The summed E-state index contributed by atoms with van der Waals surface area (Å²) in [5, 5.41) is 6.78. The van der Waals surface area contributed by atoms with Gasteiger partial charge in [0.05, 0.1) is 6.54 Å². The van der Waals surface area contributed by atoms with Gasteiger partial charge in [0, 0.05) is 37.6 Å². The molecule has 0 spiro atoms. The number of amides is 2. The van der Waals surface area contributed by atoms with Gasteiger partial charge in [-0.15, -0.1) is 0 Å². The largest absolute Gasteiger partial charge is 0.357 e. The first-order valence-corrected chi connectivity index (χ1v) is 7.93. The number of rotatable bonds is 4. The van der Waals surface area contributed by atoms with Crippen LogP contribution >= 0.6 is 0 Å². The Bertz CT molecular complexity index is 728. The topological polar surface area (TPSA) is 93.3 Å². The molecule has 2 amide bonds. The fraction of sp³-hybridized carbons (Fsp3) is 0.353. The quantitative estimate of drug-likeness (QED) is 0.840. The molecule has 126 valence electrons. The fourth-order valence-electron chi connectivity index (χ4n) is 3.06. The first kappa shape index (κ1) is 16.2. The van der Waals surface area contributed by atoms with Gasteiger partial charge in [-0.3, -0.25) is 14.3 Å². The number of carbonyl (C=O) groups excluding carboxylic acids is 2. The summed E-state index contributed by atoms with van der Waals surface area (Å²) in [6.07, 6.45) is 4.07. The van der Waals surface area contributed by atoms with Crippen LogP contribution in [0.25, 0.3) is 0 Å². The minimum Gasteiger partial charge on any atom is -0.357 e. The van der Waals surface area contributed by atoms with E-state index < -0.39 is 6.04 Å². The maximum Gasteiger partial charge on any atom is 0.254 e. The van der Waals surface area contributed by atoms with E-state index in [1.807, 2.05) is 30.5 Å². The number of benzene rings is 1. The van der Waals surface area contributed by atoms with E-state index in [4.69, 9.17) is 5.73 Å². The van der Waals surface area contributed by atoms with Crippen molar-refractivity contribution in [3.05, 3.63) is 53.9 Å². The van der Waals surface area contributed by atoms with Crippen molar-refractivity contribution < 1.29 is 9.59 Å². The monoisotopic (exact) mass is 327 g/mol. The van der Waals surface area contributed by atoms with Gasteiger partial charge in [0.1, 0.15) is 6.04 Å². The van der Waals surface area contributed by atoms with E-state index in [1.54, 1.807) is 28.9 Å². The number of carbonyl (C=O) groups is 2. The molecule has 0 unspecified atom stereocenters. The van der Waals surface area contributed by atoms with Crippen molar-refractivity contribution in [2.75, 3.05) is 13.6 Å². The van der Waals surface area contributed by atoms with Crippen LogP contribution in [-0.4, -0.2) is 52.2 Å². The number of likely N-dealkylation sites (N-methyl/N-ethyl adjacent to an activating group) is 1. The Morgan fingerprint density at radius 3 is 2.92 bits per heavy atom. The zero-order chi connectivity index (χ0) is 17.1. The van der Waals surface area contributed by atoms with Crippen molar-refractivity contribution in [1.82, 2.24) is 20.0 Å². The molecule has 0 radical (unpaired) electrons. The molecule has 1 saturated heterocycles. The summed E-state index contributed by atoms with van der Waals surface area (Å²) in [5.74, 6) is -0.345. The Hall–Kier alpha value is -2.67. The van der Waals surface area contributed by atoms with E-state index in [1.165, 1.54) is 0 Å². The second kappa shape index (κ2) is 6.84. The van der Waals surface area contributed by atoms with Gasteiger partial charge in [-0.25, -0.2) is 0 Å². The molecule has 0 saturated carbocycles. The Morgan fingerprint density at radius 1 is 1.38 bits per heavy atom. The zero-order valence-corrected chi connectivity index (χ0v) is 13.6. The van der Waals surface area contributed by atoms with E-state index in [-0.39, 0.29) is 17.9 Å². The van der Waals surface area contributed by atoms with Crippen LogP contribution in [0.1, 0.15) is 22.3 Å². The minimum atomic E-state index is -0.507. The molecule has 1 aliphatic heterocycles. The Morgan fingerprint density at radius 2 is 2.21 bits per heavy atom. The van der Waals surface area contributed by atoms with E-state index in [2.05, 4.69) is 10.4 Å². The maximum absolute atomic E-state index is 12.8. The number of aromatic nitrogens is 2. The molecule has 1 fully saturated rings. The molecule has 7 heteroatoms. The molecule has 7 nitrogen and oxygen atoms in total. The van der Waals surface area contributed by atoms with Crippen molar-refractivity contribution in [3.63, 3.8) is 0 Å². The standard InChI is InChI=1S/C17H21N5O2/c1-19-16(23)15-9-14(18)11-22(15)17(24)13-5-2-4-12(8-13)10-21-7-3-6-20-21/h2-8,14-15H,9-11,18H2,1H3,(H,19,23)/t14-,15-/m0/s1. The second-order valence-electron chi connectivity index (χ2n) is 5.99. The maximum atomic E-state index is 12.8. The summed E-state index contributed by atoms with van der Waals surface area (Å²) in [5.41, 5.74) is 7.49. The minimum absolute atomic E-state index is 0.168. The molecule has 3 N–H and O–H groups in total. The van der Waals surface area contributed by atoms with Crippen LogP contribution < -0.4 is 11.1 Å². The Kier molecular flexibility index (Phi) is 4.61. The smallest absolute Gasteiger partial charge is 0.254 e. The van der Waals surface area contributed by atoms with Gasteiger partial charge in [0.15, 0.2) is 0 Å². The van der Waals surface area contributed by atoms with Crippen LogP contribution in [0.3, 0.4) is 0 Å². The summed E-state index contributed by atoms with van der Waals surface area (Å²) in [7, 11) is 1.57. The van der Waals surface area contributed by atoms with Gasteiger partial charge in [0.2, 0.25) is 5.91 Å². The average Bonchev–Trinajstić information content (AvgIpc) is 3.23. The molecule has 1 aromatic heterocycles. The van der Waals surface area contributed by atoms with Crippen LogP contribution in [0.5, 0.6) is 0 Å². The zero-order valence-electron chi connectivity index (χ0n) is 13.6. The van der Waals surface area contributed by atoms with Crippen molar-refractivity contribution >= 4 is 11.8 Å². The fourth-order valence-corrected chi connectivity index (χ4v) is 3.06. The highest BCUT2D eigenvalue weighted by Gasteiger charge is 2.38. The molecule has 24 heavy (non-hydrogen) atoms. The van der Waals surface area contributed by atoms with E-state index in [0.29, 0.717) is 25.1 Å². The lowest BCUT2D eigenvalue weighted by Gasteiger charge is -2.23. The van der Waals surface area contributed by atoms with E-state index >= 15 is 0 Å². The summed E-state index contributed by atoms with van der Waals surface area (Å²) in [4.78, 5) is 26.4. The lowest BCUT2D eigenvalue weighted by Crippen LogP contribution is -2.45. The molecule has 2 aromatic rings. The van der Waals surface area contributed by atoms with Gasteiger partial charge in [-0.05, 0) is 30.2 Å². The number of nitrogens with two attached hydrogens (primary N) is 1.